The van der Waals surface area contributed by atoms with Crippen LogP contribution >= 0.6 is 11.8 Å². The second-order valence-electron chi connectivity index (χ2n) is 4.35. The predicted molar refractivity (Wildman–Crippen MR) is 77.7 cm³/mol. The summed E-state index contributed by atoms with van der Waals surface area (Å²) in [5.74, 6) is 0.836. The van der Waals surface area contributed by atoms with Gasteiger partial charge in [-0.05, 0) is 18.2 Å². The van der Waals surface area contributed by atoms with Gasteiger partial charge in [-0.3, -0.25) is 0 Å². The Morgan fingerprint density at radius 1 is 1.05 bits per heavy atom. The third-order valence-electron chi connectivity index (χ3n) is 2.98. The first kappa shape index (κ1) is 12.4. The Hall–Kier alpha value is -1.59. The lowest BCUT2D eigenvalue weighted by molar-refractivity contribution is 0.578. The van der Waals surface area contributed by atoms with Crippen molar-refractivity contribution in [2.45, 2.75) is 9.92 Å². The van der Waals surface area contributed by atoms with Crippen LogP contribution in [0.4, 0.5) is 5.95 Å². The molecule has 1 N–H and O–H groups in total. The van der Waals surface area contributed by atoms with E-state index in [4.69, 9.17) is 0 Å². The summed E-state index contributed by atoms with van der Waals surface area (Å²) >= 11 is 1.67. The van der Waals surface area contributed by atoms with Crippen LogP contribution in [0.2, 0.25) is 0 Å². The Labute approximate surface area is 117 Å². The summed E-state index contributed by atoms with van der Waals surface area (Å²) in [6.07, 6.45) is 1.84. The number of hydrogen-bond donors (Lipinski definition) is 1. The molecule has 0 bridgehead atoms. The second-order valence-corrected chi connectivity index (χ2v) is 5.44. The van der Waals surface area contributed by atoms with Crippen LogP contribution in [0, 0.1) is 0 Å². The maximum absolute atomic E-state index is 4.64. The van der Waals surface area contributed by atoms with Crippen molar-refractivity contribution in [2.24, 2.45) is 0 Å². The first-order valence-corrected chi connectivity index (χ1v) is 7.25. The zero-order valence-electron chi connectivity index (χ0n) is 10.6. The summed E-state index contributed by atoms with van der Waals surface area (Å²) in [6.45, 7) is 3.94. The zero-order valence-corrected chi connectivity index (χ0v) is 11.4. The highest BCUT2D eigenvalue weighted by molar-refractivity contribution is 7.99. The van der Waals surface area contributed by atoms with Crippen molar-refractivity contribution >= 4 is 17.7 Å². The molecule has 1 aromatic carbocycles. The lowest BCUT2D eigenvalue weighted by atomic mass is 10.4. The Morgan fingerprint density at radius 3 is 2.63 bits per heavy atom. The van der Waals surface area contributed by atoms with Gasteiger partial charge in [-0.1, -0.05) is 30.0 Å². The average Bonchev–Trinajstić information content (AvgIpc) is 2.49. The molecule has 19 heavy (non-hydrogen) atoms. The van der Waals surface area contributed by atoms with Gasteiger partial charge in [-0.15, -0.1) is 0 Å². The van der Waals surface area contributed by atoms with Crippen LogP contribution in [0.3, 0.4) is 0 Å². The van der Waals surface area contributed by atoms with Crippen LogP contribution < -0.4 is 10.2 Å². The van der Waals surface area contributed by atoms with Gasteiger partial charge in [0.2, 0.25) is 5.95 Å². The minimum absolute atomic E-state index is 0.836. The number of anilines is 1. The molecule has 0 aliphatic carbocycles. The van der Waals surface area contributed by atoms with E-state index < -0.39 is 0 Å². The van der Waals surface area contributed by atoms with Crippen LogP contribution in [-0.4, -0.2) is 36.1 Å². The molecule has 2 aromatic rings. The van der Waals surface area contributed by atoms with E-state index in [1.165, 1.54) is 4.90 Å². The van der Waals surface area contributed by atoms with Gasteiger partial charge in [0.15, 0.2) is 0 Å². The maximum Gasteiger partial charge on any atom is 0.226 e. The summed E-state index contributed by atoms with van der Waals surface area (Å²) in [6, 6.07) is 12.3. The SMILES string of the molecule is c1ccc(Sc2ccnc(N3CCNCC3)n2)cc1. The van der Waals surface area contributed by atoms with Gasteiger partial charge >= 0.3 is 0 Å². The minimum Gasteiger partial charge on any atom is -0.338 e. The van der Waals surface area contributed by atoms with E-state index in [2.05, 4.69) is 32.3 Å². The monoisotopic (exact) mass is 272 g/mol. The number of nitrogens with one attached hydrogen (secondary N) is 1. The highest BCUT2D eigenvalue weighted by Gasteiger charge is 2.13. The second kappa shape index (κ2) is 6.04. The number of benzene rings is 1. The van der Waals surface area contributed by atoms with Gasteiger partial charge in [0, 0.05) is 37.3 Å². The molecule has 1 aliphatic heterocycles. The molecule has 1 aromatic heterocycles. The quantitative estimate of drug-likeness (QED) is 0.866. The summed E-state index contributed by atoms with van der Waals surface area (Å²) in [5, 5.41) is 4.33. The molecule has 1 fully saturated rings. The molecule has 0 atom stereocenters. The fraction of sp³-hybridized carbons (Fsp3) is 0.286. The van der Waals surface area contributed by atoms with Crippen molar-refractivity contribution < 1.29 is 0 Å². The highest BCUT2D eigenvalue weighted by Crippen LogP contribution is 2.26. The molecule has 0 amide bonds. The Bertz CT molecular complexity index is 526. The maximum atomic E-state index is 4.64. The van der Waals surface area contributed by atoms with E-state index in [9.17, 15) is 0 Å². The number of hydrogen-bond acceptors (Lipinski definition) is 5. The van der Waals surface area contributed by atoms with Gasteiger partial charge in [-0.2, -0.15) is 0 Å². The molecule has 0 unspecified atom stereocenters. The smallest absolute Gasteiger partial charge is 0.226 e. The average molecular weight is 272 g/mol. The normalized spacial score (nSPS) is 15.5. The van der Waals surface area contributed by atoms with Crippen molar-refractivity contribution in [3.63, 3.8) is 0 Å². The summed E-state index contributed by atoms with van der Waals surface area (Å²) in [4.78, 5) is 12.4. The van der Waals surface area contributed by atoms with Crippen molar-refractivity contribution in [1.29, 1.82) is 0 Å². The fourth-order valence-electron chi connectivity index (χ4n) is 2.02. The van der Waals surface area contributed by atoms with Gasteiger partial charge in [0.1, 0.15) is 5.03 Å². The number of piperazine rings is 1. The van der Waals surface area contributed by atoms with Crippen molar-refractivity contribution in [3.8, 4) is 0 Å². The molecule has 98 valence electrons. The number of aromatic nitrogens is 2. The van der Waals surface area contributed by atoms with E-state index in [0.717, 1.165) is 37.2 Å². The van der Waals surface area contributed by atoms with Crippen LogP contribution in [-0.2, 0) is 0 Å². The van der Waals surface area contributed by atoms with Gasteiger partial charge in [-0.25, -0.2) is 9.97 Å². The van der Waals surface area contributed by atoms with E-state index >= 15 is 0 Å². The van der Waals surface area contributed by atoms with Gasteiger partial charge in [0.05, 0.1) is 0 Å². The van der Waals surface area contributed by atoms with E-state index in [-0.39, 0.29) is 0 Å². The van der Waals surface area contributed by atoms with Crippen molar-refractivity contribution in [3.05, 3.63) is 42.6 Å². The van der Waals surface area contributed by atoms with Gasteiger partial charge < -0.3 is 10.2 Å². The summed E-state index contributed by atoms with van der Waals surface area (Å²) < 4.78 is 0. The lowest BCUT2D eigenvalue weighted by Crippen LogP contribution is -2.44. The Balaban J connectivity index is 1.76. The molecule has 3 rings (SSSR count). The molecule has 4 nitrogen and oxygen atoms in total. The molecule has 1 aliphatic rings. The van der Waals surface area contributed by atoms with E-state index in [0.29, 0.717) is 0 Å². The van der Waals surface area contributed by atoms with Crippen LogP contribution in [0.15, 0.2) is 52.5 Å². The topological polar surface area (TPSA) is 41.1 Å². The molecular formula is C14H16N4S. The largest absolute Gasteiger partial charge is 0.338 e. The fourth-order valence-corrected chi connectivity index (χ4v) is 2.81. The third kappa shape index (κ3) is 3.24. The van der Waals surface area contributed by atoms with Crippen molar-refractivity contribution in [2.75, 3.05) is 31.1 Å². The molecular weight excluding hydrogens is 256 g/mol. The van der Waals surface area contributed by atoms with E-state index in [1.54, 1.807) is 11.8 Å². The first-order chi connectivity index (χ1) is 9.42. The van der Waals surface area contributed by atoms with Crippen LogP contribution in [0.5, 0.6) is 0 Å². The van der Waals surface area contributed by atoms with E-state index in [1.807, 2.05) is 30.5 Å². The first-order valence-electron chi connectivity index (χ1n) is 6.43. The standard InChI is InChI=1S/C14H16N4S/c1-2-4-12(5-3-1)19-13-6-7-16-14(17-13)18-10-8-15-9-11-18/h1-7,15H,8-11H2. The van der Waals surface area contributed by atoms with Crippen molar-refractivity contribution in [1.82, 2.24) is 15.3 Å². The molecule has 1 saturated heterocycles. The Morgan fingerprint density at radius 2 is 1.84 bits per heavy atom. The Kier molecular flexibility index (Phi) is 3.95. The lowest BCUT2D eigenvalue weighted by Gasteiger charge is -2.27. The zero-order chi connectivity index (χ0) is 12.9. The molecule has 5 heteroatoms. The highest BCUT2D eigenvalue weighted by atomic mass is 32.2. The molecule has 0 radical (unpaired) electrons. The van der Waals surface area contributed by atoms with Gasteiger partial charge in [0.25, 0.3) is 0 Å². The summed E-state index contributed by atoms with van der Waals surface area (Å²) in [5.41, 5.74) is 0. The molecule has 0 saturated carbocycles. The molecule has 2 heterocycles. The predicted octanol–water partition coefficient (Wildman–Crippen LogP) is 2.04. The molecule has 0 spiro atoms. The number of rotatable bonds is 3. The van der Waals surface area contributed by atoms with Crippen LogP contribution in [0.25, 0.3) is 0 Å². The summed E-state index contributed by atoms with van der Waals surface area (Å²) in [7, 11) is 0. The minimum atomic E-state index is 0.836. The number of nitrogens with zero attached hydrogens (tertiary/aromatic N) is 3. The van der Waals surface area contributed by atoms with Crippen LogP contribution in [0.1, 0.15) is 0 Å². The third-order valence-corrected chi connectivity index (χ3v) is 3.93.